The van der Waals surface area contributed by atoms with Crippen molar-refractivity contribution in [3.8, 4) is 22.4 Å². The van der Waals surface area contributed by atoms with Crippen molar-refractivity contribution in [1.82, 2.24) is 9.97 Å². The fraction of sp³-hybridized carbons (Fsp3) is 0.0645. The number of benzene rings is 3. The van der Waals surface area contributed by atoms with Crippen LogP contribution in [0.1, 0.15) is 32.5 Å². The quantitative estimate of drug-likeness (QED) is 0.181. The molecule has 6 rings (SSSR count). The van der Waals surface area contributed by atoms with Crippen molar-refractivity contribution in [3.63, 3.8) is 0 Å². The van der Waals surface area contributed by atoms with Gasteiger partial charge in [0.15, 0.2) is 0 Å². The highest BCUT2D eigenvalue weighted by Crippen LogP contribution is 2.46. The lowest BCUT2D eigenvalue weighted by Crippen LogP contribution is -2.10. The molecule has 0 saturated heterocycles. The van der Waals surface area contributed by atoms with Crippen molar-refractivity contribution >= 4 is 49.9 Å². The second-order valence-electron chi connectivity index (χ2n) is 8.77. The van der Waals surface area contributed by atoms with E-state index in [1.54, 1.807) is 19.1 Å². The van der Waals surface area contributed by atoms with Crippen LogP contribution in [0.4, 0.5) is 5.69 Å². The van der Waals surface area contributed by atoms with Crippen LogP contribution in [0.3, 0.4) is 0 Å². The normalized spacial score (nSPS) is 11.2. The summed E-state index contributed by atoms with van der Waals surface area (Å²) in [5.41, 5.74) is 11.5. The molecular weight excluding hydrogens is 494 g/mol. The molecule has 0 fully saturated rings. The van der Waals surface area contributed by atoms with E-state index in [4.69, 9.17) is 15.5 Å². The Hall–Kier alpha value is -4.75. The molecule has 6 nitrogen and oxygen atoms in total. The van der Waals surface area contributed by atoms with E-state index < -0.39 is 5.97 Å². The van der Waals surface area contributed by atoms with Crippen LogP contribution in [0.2, 0.25) is 0 Å². The summed E-state index contributed by atoms with van der Waals surface area (Å²) in [5, 5.41) is 1.49. The lowest BCUT2D eigenvalue weighted by molar-refractivity contribution is 0.0528. The number of para-hydroxylation sites is 1. The van der Waals surface area contributed by atoms with Crippen LogP contribution in [0.15, 0.2) is 91.1 Å². The van der Waals surface area contributed by atoms with Gasteiger partial charge in [0, 0.05) is 44.7 Å². The molecule has 0 aliphatic heterocycles. The number of hydrogen-bond donors (Lipinski definition) is 2. The van der Waals surface area contributed by atoms with Crippen molar-refractivity contribution in [1.29, 1.82) is 0 Å². The van der Waals surface area contributed by atoms with Crippen molar-refractivity contribution in [3.05, 3.63) is 107 Å². The minimum atomic E-state index is -0.498. The monoisotopic (exact) mass is 517 g/mol. The van der Waals surface area contributed by atoms with E-state index in [9.17, 15) is 9.59 Å². The fourth-order valence-electron chi connectivity index (χ4n) is 4.80. The number of aromatic amines is 1. The number of fused-ring (bicyclic) bond motifs is 2. The average Bonchev–Trinajstić information content (AvgIpc) is 3.54. The molecule has 0 saturated carbocycles. The van der Waals surface area contributed by atoms with Crippen molar-refractivity contribution in [2.24, 2.45) is 0 Å². The second-order valence-corrected chi connectivity index (χ2v) is 9.76. The summed E-state index contributed by atoms with van der Waals surface area (Å²) in [6.45, 7) is 1.97. The Labute approximate surface area is 222 Å². The SMILES string of the molecule is CCOC(=O)c1c(-c2ccccc2)nc2sc(C(=O)c3ccccc3)c(N)c2c1-c1c[nH]c2ccccc12. The maximum absolute atomic E-state index is 13.6. The number of thiophene rings is 1. The van der Waals surface area contributed by atoms with E-state index in [1.165, 1.54) is 11.3 Å². The molecule has 3 heterocycles. The van der Waals surface area contributed by atoms with Gasteiger partial charge in [-0.3, -0.25) is 4.79 Å². The predicted molar refractivity (Wildman–Crippen MR) is 153 cm³/mol. The molecule has 0 radical (unpaired) electrons. The van der Waals surface area contributed by atoms with E-state index in [1.807, 2.05) is 79.0 Å². The number of nitrogens with zero attached hydrogens (tertiary/aromatic N) is 1. The number of hydrogen-bond acceptors (Lipinski definition) is 6. The number of pyridine rings is 1. The fourth-order valence-corrected chi connectivity index (χ4v) is 5.86. The van der Waals surface area contributed by atoms with Crippen LogP contribution >= 0.6 is 11.3 Å². The Bertz CT molecular complexity index is 1820. The van der Waals surface area contributed by atoms with E-state index in [-0.39, 0.29) is 12.4 Å². The molecule has 3 N–H and O–H groups in total. The third kappa shape index (κ3) is 3.84. The summed E-state index contributed by atoms with van der Waals surface area (Å²) < 4.78 is 5.56. The Kier molecular flexibility index (Phi) is 5.98. The standard InChI is InChI=1S/C31H23N3O3S/c1-2-37-31(36)25-23(21-17-33-22-16-10-9-15-20(21)22)24-26(32)29(28(35)19-13-7-4-8-14-19)38-30(24)34-27(25)18-11-5-3-6-12-18/h3-17,33H,2,32H2,1H3. The summed E-state index contributed by atoms with van der Waals surface area (Å²) in [4.78, 5) is 36.4. The van der Waals surface area contributed by atoms with Crippen LogP contribution < -0.4 is 5.73 Å². The molecule has 0 spiro atoms. The molecule has 7 heteroatoms. The van der Waals surface area contributed by atoms with E-state index in [0.717, 1.165) is 22.0 Å². The molecular formula is C31H23N3O3S. The number of H-pyrrole nitrogens is 1. The molecule has 186 valence electrons. The number of ketones is 1. The summed E-state index contributed by atoms with van der Waals surface area (Å²) in [6.07, 6.45) is 1.87. The molecule has 0 unspecified atom stereocenters. The Morgan fingerprint density at radius 1 is 0.947 bits per heavy atom. The number of carbonyl (C=O) groups is 2. The Morgan fingerprint density at radius 3 is 2.37 bits per heavy atom. The minimum absolute atomic E-state index is 0.185. The first-order valence-corrected chi connectivity index (χ1v) is 13.0. The molecule has 0 bridgehead atoms. The van der Waals surface area contributed by atoms with Gasteiger partial charge in [-0.25, -0.2) is 9.78 Å². The molecule has 0 amide bonds. The molecule has 6 aromatic rings. The lowest BCUT2D eigenvalue weighted by Gasteiger charge is -2.15. The van der Waals surface area contributed by atoms with Crippen LogP contribution in [-0.2, 0) is 4.74 Å². The van der Waals surface area contributed by atoms with Gasteiger partial charge in [0.25, 0.3) is 0 Å². The number of nitrogens with one attached hydrogen (secondary N) is 1. The molecule has 0 aliphatic rings. The maximum atomic E-state index is 13.6. The number of nitrogen functional groups attached to an aromatic ring is 1. The van der Waals surface area contributed by atoms with Crippen LogP contribution in [0, 0.1) is 0 Å². The zero-order chi connectivity index (χ0) is 26.2. The highest BCUT2D eigenvalue weighted by molar-refractivity contribution is 7.21. The molecule has 0 atom stereocenters. The number of ether oxygens (including phenoxy) is 1. The van der Waals surface area contributed by atoms with Crippen molar-refractivity contribution in [2.75, 3.05) is 12.3 Å². The number of carbonyl (C=O) groups excluding carboxylic acids is 2. The van der Waals surface area contributed by atoms with Gasteiger partial charge in [-0.05, 0) is 13.0 Å². The number of rotatable bonds is 6. The predicted octanol–water partition coefficient (Wildman–Crippen LogP) is 7.10. The van der Waals surface area contributed by atoms with Crippen LogP contribution in [0.5, 0.6) is 0 Å². The molecule has 3 aromatic heterocycles. The van der Waals surface area contributed by atoms with Gasteiger partial charge < -0.3 is 15.5 Å². The first-order valence-electron chi connectivity index (χ1n) is 12.2. The number of nitrogens with two attached hydrogens (primary N) is 1. The lowest BCUT2D eigenvalue weighted by atomic mass is 9.92. The van der Waals surface area contributed by atoms with E-state index >= 15 is 0 Å². The second kappa shape index (κ2) is 9.61. The van der Waals surface area contributed by atoms with Crippen molar-refractivity contribution in [2.45, 2.75) is 6.92 Å². The molecule has 3 aromatic carbocycles. The van der Waals surface area contributed by atoms with Gasteiger partial charge in [0.1, 0.15) is 9.71 Å². The maximum Gasteiger partial charge on any atom is 0.341 e. The van der Waals surface area contributed by atoms with Crippen LogP contribution in [0.25, 0.3) is 43.5 Å². The van der Waals surface area contributed by atoms with Crippen molar-refractivity contribution < 1.29 is 14.3 Å². The summed E-state index contributed by atoms with van der Waals surface area (Å²) in [6, 6.07) is 26.4. The topological polar surface area (TPSA) is 98.1 Å². The smallest absolute Gasteiger partial charge is 0.341 e. The summed E-state index contributed by atoms with van der Waals surface area (Å²) >= 11 is 1.24. The number of anilines is 1. The summed E-state index contributed by atoms with van der Waals surface area (Å²) in [7, 11) is 0. The van der Waals surface area contributed by atoms with Gasteiger partial charge >= 0.3 is 5.97 Å². The zero-order valence-corrected chi connectivity index (χ0v) is 21.3. The van der Waals surface area contributed by atoms with Gasteiger partial charge in [0.05, 0.1) is 23.6 Å². The third-order valence-electron chi connectivity index (χ3n) is 6.50. The van der Waals surface area contributed by atoms with Gasteiger partial charge in [-0.1, -0.05) is 78.9 Å². The minimum Gasteiger partial charge on any atom is -0.462 e. The molecule has 0 aliphatic carbocycles. The molecule has 38 heavy (non-hydrogen) atoms. The third-order valence-corrected chi connectivity index (χ3v) is 7.60. The first kappa shape index (κ1) is 23.6. The number of aromatic nitrogens is 2. The Balaban J connectivity index is 1.75. The first-order chi connectivity index (χ1) is 18.6. The zero-order valence-electron chi connectivity index (χ0n) is 20.5. The van der Waals surface area contributed by atoms with Gasteiger partial charge in [-0.15, -0.1) is 11.3 Å². The highest BCUT2D eigenvalue weighted by Gasteiger charge is 2.30. The Morgan fingerprint density at radius 2 is 1.63 bits per heavy atom. The largest absolute Gasteiger partial charge is 0.462 e. The number of esters is 1. The average molecular weight is 518 g/mol. The highest BCUT2D eigenvalue weighted by atomic mass is 32.1. The van der Waals surface area contributed by atoms with Gasteiger partial charge in [0.2, 0.25) is 5.78 Å². The summed E-state index contributed by atoms with van der Waals surface area (Å²) in [5.74, 6) is -0.683. The van der Waals surface area contributed by atoms with E-state index in [2.05, 4.69) is 4.98 Å². The van der Waals surface area contributed by atoms with Crippen LogP contribution in [-0.4, -0.2) is 28.3 Å². The van der Waals surface area contributed by atoms with Gasteiger partial charge in [-0.2, -0.15) is 0 Å². The van der Waals surface area contributed by atoms with E-state index in [0.29, 0.717) is 43.2 Å².